The molecule has 0 spiro atoms. The third kappa shape index (κ3) is 3.95. The van der Waals surface area contributed by atoms with Gasteiger partial charge in [0.25, 0.3) is 0 Å². The van der Waals surface area contributed by atoms with Crippen molar-refractivity contribution in [2.75, 3.05) is 6.54 Å². The average molecular weight is 294 g/mol. The van der Waals surface area contributed by atoms with Crippen LogP contribution in [0.25, 0.3) is 0 Å². The van der Waals surface area contributed by atoms with E-state index in [4.69, 9.17) is 23.2 Å². The summed E-state index contributed by atoms with van der Waals surface area (Å²) in [6.07, 6.45) is 0. The van der Waals surface area contributed by atoms with Gasteiger partial charge in [-0.3, -0.25) is 4.21 Å². The molecule has 1 rings (SSSR count). The molecule has 0 amide bonds. The molecule has 17 heavy (non-hydrogen) atoms. The molecule has 0 fully saturated rings. The Morgan fingerprint density at radius 2 is 1.94 bits per heavy atom. The van der Waals surface area contributed by atoms with Crippen molar-refractivity contribution in [1.29, 1.82) is 0 Å². The van der Waals surface area contributed by atoms with E-state index in [1.54, 1.807) is 18.2 Å². The molecule has 1 aromatic rings. The van der Waals surface area contributed by atoms with E-state index < -0.39 is 10.8 Å². The van der Waals surface area contributed by atoms with E-state index in [0.29, 0.717) is 10.0 Å². The zero-order valence-electron chi connectivity index (χ0n) is 10.2. The smallest absolute Gasteiger partial charge is 0.0604 e. The fraction of sp³-hybridized carbons (Fsp3) is 0.500. The summed E-state index contributed by atoms with van der Waals surface area (Å²) < 4.78 is 12.3. The molecule has 0 aliphatic rings. The van der Waals surface area contributed by atoms with Crippen molar-refractivity contribution in [1.82, 2.24) is 5.32 Å². The average Bonchev–Trinajstić information content (AvgIpc) is 2.31. The van der Waals surface area contributed by atoms with E-state index in [1.165, 1.54) is 0 Å². The molecule has 0 aromatic heterocycles. The monoisotopic (exact) mass is 293 g/mol. The highest BCUT2D eigenvalue weighted by molar-refractivity contribution is 7.85. The zero-order valence-corrected chi connectivity index (χ0v) is 12.5. The van der Waals surface area contributed by atoms with Gasteiger partial charge in [0.15, 0.2) is 0 Å². The van der Waals surface area contributed by atoms with Crippen molar-refractivity contribution in [3.8, 4) is 0 Å². The largest absolute Gasteiger partial charge is 0.313 e. The van der Waals surface area contributed by atoms with Gasteiger partial charge in [0.1, 0.15) is 0 Å². The lowest BCUT2D eigenvalue weighted by molar-refractivity contribution is 0.550. The molecule has 0 heterocycles. The van der Waals surface area contributed by atoms with Gasteiger partial charge >= 0.3 is 0 Å². The van der Waals surface area contributed by atoms with Crippen LogP contribution in [-0.2, 0) is 10.8 Å². The Labute approximate surface area is 115 Å². The molecule has 0 radical (unpaired) electrons. The highest BCUT2D eigenvalue weighted by atomic mass is 35.5. The van der Waals surface area contributed by atoms with Crippen molar-refractivity contribution in [2.24, 2.45) is 0 Å². The number of hydrogen-bond donors (Lipinski definition) is 1. The second kappa shape index (κ2) is 6.74. The first-order valence-electron chi connectivity index (χ1n) is 5.56. The van der Waals surface area contributed by atoms with Gasteiger partial charge < -0.3 is 5.32 Å². The molecule has 96 valence electrons. The Balaban J connectivity index is 2.85. The van der Waals surface area contributed by atoms with Gasteiger partial charge in [-0.2, -0.15) is 0 Å². The maximum absolute atomic E-state index is 12.3. The fourth-order valence-corrected chi connectivity index (χ4v) is 3.19. The predicted molar refractivity (Wildman–Crippen MR) is 75.5 cm³/mol. The van der Waals surface area contributed by atoms with Crippen molar-refractivity contribution in [3.05, 3.63) is 28.2 Å². The minimum Gasteiger partial charge on any atom is -0.313 e. The first kappa shape index (κ1) is 15.0. The summed E-state index contributed by atoms with van der Waals surface area (Å²) in [5.74, 6) is 0. The molecule has 0 aliphatic heterocycles. The maximum atomic E-state index is 12.3. The van der Waals surface area contributed by atoms with Crippen LogP contribution in [0.5, 0.6) is 0 Å². The van der Waals surface area contributed by atoms with E-state index in [9.17, 15) is 4.21 Å². The lowest BCUT2D eigenvalue weighted by atomic mass is 10.2. The van der Waals surface area contributed by atoms with Crippen LogP contribution in [-0.4, -0.2) is 22.0 Å². The van der Waals surface area contributed by atoms with Crippen LogP contribution < -0.4 is 5.32 Å². The summed E-state index contributed by atoms with van der Waals surface area (Å²) >= 11 is 11.8. The SMILES string of the molecule is CCNC(C)C(C)S(=O)c1ccc(Cl)c(Cl)c1. The summed E-state index contributed by atoms with van der Waals surface area (Å²) in [4.78, 5) is 0.719. The quantitative estimate of drug-likeness (QED) is 0.900. The predicted octanol–water partition coefficient (Wildman–Crippen LogP) is 3.49. The number of rotatable bonds is 5. The second-order valence-corrected chi connectivity index (χ2v) is 6.55. The Hall–Kier alpha value is -0.0900. The first-order chi connectivity index (χ1) is 7.97. The summed E-state index contributed by atoms with van der Waals surface area (Å²) in [6, 6.07) is 5.31. The number of halogens is 2. The third-order valence-electron chi connectivity index (χ3n) is 2.69. The van der Waals surface area contributed by atoms with E-state index in [1.807, 2.05) is 20.8 Å². The minimum absolute atomic E-state index is 0.0205. The van der Waals surface area contributed by atoms with E-state index in [2.05, 4.69) is 5.32 Å². The molecule has 0 saturated carbocycles. The van der Waals surface area contributed by atoms with Crippen molar-refractivity contribution < 1.29 is 4.21 Å². The maximum Gasteiger partial charge on any atom is 0.0604 e. The summed E-state index contributed by atoms with van der Waals surface area (Å²) in [6.45, 7) is 6.89. The standard InChI is InChI=1S/C12H17Cl2NOS/c1-4-15-8(2)9(3)17(16)10-5-6-11(13)12(14)7-10/h5-9,15H,4H2,1-3H3. The van der Waals surface area contributed by atoms with E-state index in [-0.39, 0.29) is 11.3 Å². The Bertz CT molecular complexity index is 411. The van der Waals surface area contributed by atoms with Gasteiger partial charge in [-0.25, -0.2) is 0 Å². The minimum atomic E-state index is -1.08. The molecule has 0 bridgehead atoms. The third-order valence-corrected chi connectivity index (χ3v) is 5.23. The van der Waals surface area contributed by atoms with Crippen LogP contribution in [0.15, 0.2) is 23.1 Å². The fourth-order valence-electron chi connectivity index (χ4n) is 1.49. The van der Waals surface area contributed by atoms with Crippen molar-refractivity contribution >= 4 is 34.0 Å². The Morgan fingerprint density at radius 1 is 1.29 bits per heavy atom. The van der Waals surface area contributed by atoms with Crippen LogP contribution in [0.3, 0.4) is 0 Å². The highest BCUT2D eigenvalue weighted by Crippen LogP contribution is 2.25. The molecule has 1 N–H and O–H groups in total. The summed E-state index contributed by atoms with van der Waals surface area (Å²) in [7, 11) is -1.08. The first-order valence-corrected chi connectivity index (χ1v) is 7.53. The van der Waals surface area contributed by atoms with Crippen LogP contribution in [0, 0.1) is 0 Å². The molecule has 5 heteroatoms. The molecule has 3 unspecified atom stereocenters. The zero-order chi connectivity index (χ0) is 13.0. The Kier molecular flexibility index (Phi) is 5.93. The molecular weight excluding hydrogens is 277 g/mol. The molecule has 1 aromatic carbocycles. The van der Waals surface area contributed by atoms with Gasteiger partial charge in [0.05, 0.1) is 26.1 Å². The molecule has 3 atom stereocenters. The lowest BCUT2D eigenvalue weighted by Crippen LogP contribution is -2.37. The molecule has 0 saturated heterocycles. The number of hydrogen-bond acceptors (Lipinski definition) is 2. The van der Waals surface area contributed by atoms with E-state index in [0.717, 1.165) is 11.4 Å². The summed E-state index contributed by atoms with van der Waals surface area (Å²) in [5, 5.41) is 4.22. The lowest BCUT2D eigenvalue weighted by Gasteiger charge is -2.20. The molecular formula is C12H17Cl2NOS. The molecule has 2 nitrogen and oxygen atoms in total. The van der Waals surface area contributed by atoms with Crippen LogP contribution in [0.1, 0.15) is 20.8 Å². The molecule has 0 aliphatic carbocycles. The van der Waals surface area contributed by atoms with Gasteiger partial charge in [-0.05, 0) is 38.6 Å². The summed E-state index contributed by atoms with van der Waals surface area (Å²) in [5.41, 5.74) is 0. The van der Waals surface area contributed by atoms with Gasteiger partial charge in [-0.15, -0.1) is 0 Å². The number of benzene rings is 1. The normalized spacial score (nSPS) is 16.5. The van der Waals surface area contributed by atoms with Gasteiger partial charge in [-0.1, -0.05) is 30.1 Å². The number of nitrogens with one attached hydrogen (secondary N) is 1. The van der Waals surface area contributed by atoms with Gasteiger partial charge in [0.2, 0.25) is 0 Å². The van der Waals surface area contributed by atoms with Crippen LogP contribution in [0.2, 0.25) is 10.0 Å². The van der Waals surface area contributed by atoms with Crippen molar-refractivity contribution in [3.63, 3.8) is 0 Å². The van der Waals surface area contributed by atoms with Crippen LogP contribution >= 0.6 is 23.2 Å². The van der Waals surface area contributed by atoms with Crippen molar-refractivity contribution in [2.45, 2.75) is 37.0 Å². The van der Waals surface area contributed by atoms with E-state index >= 15 is 0 Å². The van der Waals surface area contributed by atoms with Crippen LogP contribution in [0.4, 0.5) is 0 Å². The van der Waals surface area contributed by atoms with Gasteiger partial charge in [0, 0.05) is 10.9 Å². The second-order valence-electron chi connectivity index (χ2n) is 3.92. The highest BCUT2D eigenvalue weighted by Gasteiger charge is 2.19. The Morgan fingerprint density at radius 3 is 2.47 bits per heavy atom. The topological polar surface area (TPSA) is 29.1 Å².